The number of likely N-dealkylation sites (N-methyl/N-ethyl adjacent to an activating group) is 2. The summed E-state index contributed by atoms with van der Waals surface area (Å²) in [5, 5.41) is 11.9. The number of amides is 2. The van der Waals surface area contributed by atoms with Crippen molar-refractivity contribution in [2.45, 2.75) is 12.5 Å². The van der Waals surface area contributed by atoms with Gasteiger partial charge >= 0.3 is 12.0 Å². The molecule has 2 aliphatic heterocycles. The fraction of sp³-hybridized carbons (Fsp3) is 0.846. The lowest BCUT2D eigenvalue weighted by molar-refractivity contribution is -0.141. The summed E-state index contributed by atoms with van der Waals surface area (Å²) in [6.45, 7) is 4.45. The van der Waals surface area contributed by atoms with Crippen LogP contribution in [0.2, 0.25) is 0 Å². The van der Waals surface area contributed by atoms with Gasteiger partial charge in [0.25, 0.3) is 0 Å². The molecule has 2 rings (SSSR count). The van der Waals surface area contributed by atoms with Crippen molar-refractivity contribution in [2.24, 2.45) is 5.92 Å². The molecule has 20 heavy (non-hydrogen) atoms. The predicted molar refractivity (Wildman–Crippen MR) is 74.6 cm³/mol. The van der Waals surface area contributed by atoms with Gasteiger partial charge in [-0.05, 0) is 20.5 Å². The molecule has 2 amide bonds. The van der Waals surface area contributed by atoms with Crippen LogP contribution in [-0.2, 0) is 4.79 Å². The van der Waals surface area contributed by atoms with Crippen molar-refractivity contribution >= 4 is 12.0 Å². The SMILES string of the molecule is CN1CCN(C)C(CNC(=O)N2CCC(C(=O)O)C2)C1. The fourth-order valence-corrected chi connectivity index (χ4v) is 2.79. The molecule has 0 aromatic rings. The third-order valence-electron chi connectivity index (χ3n) is 4.29. The maximum absolute atomic E-state index is 12.0. The molecule has 2 unspecified atom stereocenters. The number of piperazine rings is 1. The first kappa shape index (κ1) is 15.1. The summed E-state index contributed by atoms with van der Waals surface area (Å²) in [4.78, 5) is 29.0. The lowest BCUT2D eigenvalue weighted by atomic mass is 10.1. The minimum atomic E-state index is -0.811. The van der Waals surface area contributed by atoms with E-state index in [1.807, 2.05) is 0 Å². The Bertz CT molecular complexity index is 377. The maximum atomic E-state index is 12.0. The largest absolute Gasteiger partial charge is 0.481 e. The third-order valence-corrected chi connectivity index (χ3v) is 4.29. The standard InChI is InChI=1S/C13H24N4O3/c1-15-5-6-16(2)11(9-15)7-14-13(20)17-4-3-10(8-17)12(18)19/h10-11H,3-9H2,1-2H3,(H,14,20)(H,18,19). The van der Waals surface area contributed by atoms with Gasteiger partial charge in [-0.15, -0.1) is 0 Å². The van der Waals surface area contributed by atoms with E-state index in [2.05, 4.69) is 29.2 Å². The average molecular weight is 284 g/mol. The number of hydrogen-bond acceptors (Lipinski definition) is 4. The highest BCUT2D eigenvalue weighted by Gasteiger charge is 2.31. The molecular weight excluding hydrogens is 260 g/mol. The molecule has 0 spiro atoms. The Kier molecular flexibility index (Phi) is 4.82. The summed E-state index contributed by atoms with van der Waals surface area (Å²) >= 11 is 0. The van der Waals surface area contributed by atoms with Crippen molar-refractivity contribution in [1.29, 1.82) is 0 Å². The van der Waals surface area contributed by atoms with Gasteiger partial charge in [-0.1, -0.05) is 0 Å². The molecule has 2 N–H and O–H groups in total. The Labute approximate surface area is 119 Å². The van der Waals surface area contributed by atoms with E-state index in [4.69, 9.17) is 5.11 Å². The van der Waals surface area contributed by atoms with Crippen LogP contribution in [-0.4, -0.2) is 91.2 Å². The summed E-state index contributed by atoms with van der Waals surface area (Å²) in [6.07, 6.45) is 0.550. The maximum Gasteiger partial charge on any atom is 0.317 e. The van der Waals surface area contributed by atoms with Crippen LogP contribution in [0.25, 0.3) is 0 Å². The number of aliphatic carboxylic acids is 1. The van der Waals surface area contributed by atoms with Gasteiger partial charge < -0.3 is 20.2 Å². The fourth-order valence-electron chi connectivity index (χ4n) is 2.79. The molecule has 2 aliphatic rings. The van der Waals surface area contributed by atoms with Gasteiger partial charge in [0.05, 0.1) is 5.92 Å². The number of nitrogens with one attached hydrogen (secondary N) is 1. The molecular formula is C13H24N4O3. The van der Waals surface area contributed by atoms with E-state index in [9.17, 15) is 9.59 Å². The van der Waals surface area contributed by atoms with E-state index >= 15 is 0 Å². The summed E-state index contributed by atoms with van der Waals surface area (Å²) in [5.74, 6) is -1.22. The molecule has 2 fully saturated rings. The number of nitrogens with zero attached hydrogens (tertiary/aromatic N) is 3. The van der Waals surface area contributed by atoms with E-state index in [1.54, 1.807) is 4.90 Å². The number of carboxylic acids is 1. The average Bonchev–Trinajstić information content (AvgIpc) is 2.89. The number of carbonyl (C=O) groups excluding carboxylic acids is 1. The van der Waals surface area contributed by atoms with Crippen molar-refractivity contribution in [3.05, 3.63) is 0 Å². The minimum Gasteiger partial charge on any atom is -0.481 e. The highest BCUT2D eigenvalue weighted by Crippen LogP contribution is 2.16. The van der Waals surface area contributed by atoms with Crippen molar-refractivity contribution < 1.29 is 14.7 Å². The summed E-state index contributed by atoms with van der Waals surface area (Å²) in [5.41, 5.74) is 0. The molecule has 2 saturated heterocycles. The van der Waals surface area contributed by atoms with Crippen LogP contribution >= 0.6 is 0 Å². The van der Waals surface area contributed by atoms with E-state index < -0.39 is 11.9 Å². The second-order valence-electron chi connectivity index (χ2n) is 5.85. The van der Waals surface area contributed by atoms with Gasteiger partial charge in [0.1, 0.15) is 0 Å². The topological polar surface area (TPSA) is 76.1 Å². The normalized spacial score (nSPS) is 28.6. The smallest absolute Gasteiger partial charge is 0.317 e. The van der Waals surface area contributed by atoms with Gasteiger partial charge in [0.15, 0.2) is 0 Å². The van der Waals surface area contributed by atoms with Gasteiger partial charge in [-0.3, -0.25) is 9.69 Å². The van der Waals surface area contributed by atoms with Crippen LogP contribution in [0.5, 0.6) is 0 Å². The zero-order valence-electron chi connectivity index (χ0n) is 12.2. The molecule has 7 heteroatoms. The van der Waals surface area contributed by atoms with Crippen molar-refractivity contribution in [1.82, 2.24) is 20.0 Å². The number of rotatable bonds is 3. The molecule has 0 aliphatic carbocycles. The van der Waals surface area contributed by atoms with Gasteiger partial charge in [0.2, 0.25) is 0 Å². The Morgan fingerprint density at radius 1 is 1.20 bits per heavy atom. The number of hydrogen-bond donors (Lipinski definition) is 2. The lowest BCUT2D eigenvalue weighted by Gasteiger charge is -2.37. The zero-order valence-corrected chi connectivity index (χ0v) is 12.2. The molecule has 0 aromatic heterocycles. The highest BCUT2D eigenvalue weighted by molar-refractivity contribution is 5.77. The second kappa shape index (κ2) is 6.41. The first-order valence-corrected chi connectivity index (χ1v) is 7.11. The van der Waals surface area contributed by atoms with Crippen molar-refractivity contribution in [3.63, 3.8) is 0 Å². The molecule has 114 valence electrons. The first-order valence-electron chi connectivity index (χ1n) is 7.11. The van der Waals surface area contributed by atoms with Crippen molar-refractivity contribution in [3.8, 4) is 0 Å². The van der Waals surface area contributed by atoms with E-state index in [-0.39, 0.29) is 6.03 Å². The third kappa shape index (κ3) is 3.61. The van der Waals surface area contributed by atoms with Crippen LogP contribution in [0.3, 0.4) is 0 Å². The molecule has 2 heterocycles. The Balaban J connectivity index is 1.76. The minimum absolute atomic E-state index is 0.143. The molecule has 2 atom stereocenters. The van der Waals surface area contributed by atoms with E-state index in [1.165, 1.54) is 0 Å². The monoisotopic (exact) mass is 284 g/mol. The van der Waals surface area contributed by atoms with E-state index in [0.717, 1.165) is 19.6 Å². The lowest BCUT2D eigenvalue weighted by Crippen LogP contribution is -2.55. The highest BCUT2D eigenvalue weighted by atomic mass is 16.4. The van der Waals surface area contributed by atoms with Crippen LogP contribution in [0.1, 0.15) is 6.42 Å². The van der Waals surface area contributed by atoms with Crippen LogP contribution in [0.15, 0.2) is 0 Å². The second-order valence-corrected chi connectivity index (χ2v) is 5.85. The van der Waals surface area contributed by atoms with Crippen LogP contribution in [0, 0.1) is 5.92 Å². The molecule has 0 aromatic carbocycles. The summed E-state index contributed by atoms with van der Waals surface area (Å²) in [7, 11) is 4.15. The Hall–Kier alpha value is -1.34. The molecule has 0 bridgehead atoms. The molecule has 0 saturated carbocycles. The van der Waals surface area contributed by atoms with Gasteiger partial charge in [0, 0.05) is 45.3 Å². The summed E-state index contributed by atoms with van der Waals surface area (Å²) < 4.78 is 0. The quantitative estimate of drug-likeness (QED) is 0.720. The Morgan fingerprint density at radius 3 is 2.60 bits per heavy atom. The van der Waals surface area contributed by atoms with Crippen molar-refractivity contribution in [2.75, 3.05) is 53.4 Å². The molecule has 7 nitrogen and oxygen atoms in total. The molecule has 0 radical (unpaired) electrons. The zero-order chi connectivity index (χ0) is 14.7. The number of likely N-dealkylation sites (tertiary alicyclic amines) is 1. The Morgan fingerprint density at radius 2 is 1.95 bits per heavy atom. The van der Waals surface area contributed by atoms with Crippen LogP contribution < -0.4 is 5.32 Å². The van der Waals surface area contributed by atoms with Gasteiger partial charge in [-0.2, -0.15) is 0 Å². The van der Waals surface area contributed by atoms with Gasteiger partial charge in [-0.25, -0.2) is 4.79 Å². The predicted octanol–water partition coefficient (Wildman–Crippen LogP) is -0.652. The van der Waals surface area contributed by atoms with E-state index in [0.29, 0.717) is 32.1 Å². The number of carbonyl (C=O) groups is 2. The number of urea groups is 1. The van der Waals surface area contributed by atoms with Crippen LogP contribution in [0.4, 0.5) is 4.79 Å². The number of carboxylic acid groups (broad SMARTS) is 1. The summed E-state index contributed by atoms with van der Waals surface area (Å²) in [6, 6.07) is 0.172. The first-order chi connectivity index (χ1) is 9.47.